The summed E-state index contributed by atoms with van der Waals surface area (Å²) in [4.78, 5) is 2.35. The molecular formula is C32H41AuClFNO4PS. The van der Waals surface area contributed by atoms with E-state index in [0.717, 1.165) is 11.3 Å². The van der Waals surface area contributed by atoms with Gasteiger partial charge in [-0.3, -0.25) is 0 Å². The Morgan fingerprint density at radius 3 is 1.86 bits per heavy atom. The number of rotatable bonds is 8. The van der Waals surface area contributed by atoms with Crippen LogP contribution in [0.5, 0.6) is 17.2 Å². The summed E-state index contributed by atoms with van der Waals surface area (Å²) in [6, 6.07) is 24.6. The summed E-state index contributed by atoms with van der Waals surface area (Å²) >= 11 is 1.75. The molecule has 0 atom stereocenters. The zero-order chi connectivity index (χ0) is 30.4. The van der Waals surface area contributed by atoms with Gasteiger partial charge in [0.15, 0.2) is 0 Å². The number of nitrogens with zero attached hydrogens (tertiary/aromatic N) is 1. The monoisotopic (exact) mass is 817 g/mol. The topological polar surface area (TPSA) is 55.8 Å². The predicted molar refractivity (Wildman–Crippen MR) is 171 cm³/mol. The van der Waals surface area contributed by atoms with E-state index in [-0.39, 0.29) is 5.75 Å². The minimum atomic E-state index is -4.99. The van der Waals surface area contributed by atoms with Crippen molar-refractivity contribution in [2.75, 3.05) is 19.0 Å². The standard InChI is InChI=1S/C20H32NP.C12H8FO4S.Au.ClH/c1-21(2)19-15-9-10-16-20(19)22(17-11-5-3-6-12-17)18-13-7-4-8-14-18;13-18(14,15)17-12-8-6-11(7-9-12)16-10-4-2-1-3-5-10;;/h9-10,15-18H,3-8,11-14H2,1-2H3;1-2,4-9H;;1H/q;-1;+1;. The zero-order valence-corrected chi connectivity index (χ0v) is 28.9. The fourth-order valence-corrected chi connectivity index (χ4v) is 10.8. The molecule has 0 radical (unpaired) electrons. The van der Waals surface area contributed by atoms with Crippen molar-refractivity contribution in [3.05, 3.63) is 78.9 Å². The summed E-state index contributed by atoms with van der Waals surface area (Å²) in [6.45, 7) is 0. The van der Waals surface area contributed by atoms with Crippen molar-refractivity contribution in [3.8, 4) is 17.2 Å². The van der Waals surface area contributed by atoms with E-state index >= 15 is 0 Å². The van der Waals surface area contributed by atoms with Crippen LogP contribution in [0.3, 0.4) is 0 Å². The molecule has 0 aromatic heterocycles. The van der Waals surface area contributed by atoms with Crippen LogP contribution >= 0.6 is 17.1 Å². The van der Waals surface area contributed by atoms with Crippen molar-refractivity contribution in [1.82, 2.24) is 0 Å². The molecule has 2 fully saturated rings. The first-order valence-electron chi connectivity index (χ1n) is 14.4. The molecule has 0 unspecified atom stereocenters. The molecule has 234 valence electrons. The van der Waals surface area contributed by atoms with Gasteiger partial charge in [-0.05, 0) is 87.8 Å². The van der Waals surface area contributed by atoms with Crippen LogP contribution in [-0.4, -0.2) is 33.8 Å². The van der Waals surface area contributed by atoms with E-state index in [0.29, 0.717) is 11.5 Å². The van der Waals surface area contributed by atoms with Crippen LogP contribution in [0.15, 0.2) is 72.8 Å². The zero-order valence-electron chi connectivity index (χ0n) is 24.2. The van der Waals surface area contributed by atoms with E-state index in [4.69, 9.17) is 4.74 Å². The van der Waals surface area contributed by atoms with Crippen LogP contribution in [0.1, 0.15) is 64.2 Å². The first-order chi connectivity index (χ1) is 20.3. The molecular weight excluding hydrogens is 777 g/mol. The SMILES string of the molecule is CN(C)c1ccccc1[PH+](C1CCCCC1)C1CCCCC1.O=S(=O)(F)Oc1ccc(Oc2c[c-]ccc2)cc1.[Cl][Au]. The average Bonchev–Trinajstić information content (AvgIpc) is 3.01. The molecule has 3 aromatic carbocycles. The molecule has 3 aromatic rings. The van der Waals surface area contributed by atoms with E-state index in [2.05, 4.69) is 62.7 Å². The summed E-state index contributed by atoms with van der Waals surface area (Å²) in [6.07, 6.45) is 14.9. The number of para-hydroxylation sites is 1. The van der Waals surface area contributed by atoms with E-state index in [1.54, 1.807) is 49.6 Å². The molecule has 0 bridgehead atoms. The first-order valence-corrected chi connectivity index (χ1v) is 20.1. The quantitative estimate of drug-likeness (QED) is 0.0986. The molecule has 2 aliphatic carbocycles. The third kappa shape index (κ3) is 11.5. The van der Waals surface area contributed by atoms with Gasteiger partial charge in [-0.25, -0.2) is 0 Å². The molecule has 0 saturated heterocycles. The number of hydrogen-bond donors (Lipinski definition) is 0. The second kappa shape index (κ2) is 18.3. The van der Waals surface area contributed by atoms with Gasteiger partial charge in [0.1, 0.15) is 16.8 Å². The minimum absolute atomic E-state index is 0.121. The van der Waals surface area contributed by atoms with E-state index in [1.165, 1.54) is 94.2 Å². The van der Waals surface area contributed by atoms with Crippen LogP contribution in [-0.2, 0) is 30.5 Å². The summed E-state index contributed by atoms with van der Waals surface area (Å²) in [5, 5.41) is 1.75. The van der Waals surface area contributed by atoms with Crippen LogP contribution in [0.2, 0.25) is 0 Å². The molecule has 0 amide bonds. The molecule has 5 nitrogen and oxygen atoms in total. The van der Waals surface area contributed by atoms with Gasteiger partial charge in [-0.2, -0.15) is 26.6 Å². The van der Waals surface area contributed by atoms with Crippen LogP contribution < -0.4 is 19.1 Å². The summed E-state index contributed by atoms with van der Waals surface area (Å²) < 4.78 is 42.2. The maximum absolute atomic E-state index is 12.2. The molecule has 0 spiro atoms. The molecule has 10 heteroatoms. The van der Waals surface area contributed by atoms with Gasteiger partial charge in [-0.1, -0.05) is 28.9 Å². The van der Waals surface area contributed by atoms with Crippen LogP contribution in [0.4, 0.5) is 9.57 Å². The summed E-state index contributed by atoms with van der Waals surface area (Å²) in [5.74, 6) is 0.937. The van der Waals surface area contributed by atoms with E-state index < -0.39 is 18.4 Å². The Morgan fingerprint density at radius 2 is 1.36 bits per heavy atom. The molecule has 0 N–H and O–H groups in total. The molecule has 2 saturated carbocycles. The van der Waals surface area contributed by atoms with Crippen molar-refractivity contribution < 1.29 is 41.2 Å². The molecule has 0 aliphatic heterocycles. The summed E-state index contributed by atoms with van der Waals surface area (Å²) in [5.41, 5.74) is 3.57. The predicted octanol–water partition coefficient (Wildman–Crippen LogP) is 8.82. The number of benzene rings is 3. The van der Waals surface area contributed by atoms with Crippen molar-refractivity contribution in [1.29, 1.82) is 0 Å². The fraction of sp³-hybridized carbons (Fsp3) is 0.438. The Labute approximate surface area is 269 Å². The number of halogens is 2. The Kier molecular flexibility index (Phi) is 15.2. The van der Waals surface area contributed by atoms with Gasteiger partial charge in [0.2, 0.25) is 0 Å². The molecule has 0 heterocycles. The van der Waals surface area contributed by atoms with E-state index in [1.807, 2.05) is 0 Å². The van der Waals surface area contributed by atoms with Gasteiger partial charge in [-0.15, -0.1) is 12.1 Å². The first kappa shape index (κ1) is 34.9. The fourth-order valence-electron chi connectivity index (χ4n) is 5.96. The molecule has 42 heavy (non-hydrogen) atoms. The van der Waals surface area contributed by atoms with Gasteiger partial charge in [0, 0.05) is 27.8 Å². The number of anilines is 1. The molecule has 5 rings (SSSR count). The van der Waals surface area contributed by atoms with Crippen molar-refractivity contribution >= 4 is 38.6 Å². The van der Waals surface area contributed by atoms with Crippen molar-refractivity contribution in [2.24, 2.45) is 0 Å². The number of hydrogen-bond acceptors (Lipinski definition) is 5. The third-order valence-corrected chi connectivity index (χ3v) is 12.1. The second-order valence-corrected chi connectivity index (χ2v) is 14.9. The summed E-state index contributed by atoms with van der Waals surface area (Å²) in [7, 11) is 3.59. The Balaban J connectivity index is 0.000000222. The third-order valence-electron chi connectivity index (χ3n) is 7.72. The van der Waals surface area contributed by atoms with Gasteiger partial charge < -0.3 is 13.8 Å². The second-order valence-electron chi connectivity index (χ2n) is 10.8. The normalized spacial score (nSPS) is 16.0. The van der Waals surface area contributed by atoms with Crippen molar-refractivity contribution in [2.45, 2.75) is 75.5 Å². The van der Waals surface area contributed by atoms with Gasteiger partial charge in [0.25, 0.3) is 0 Å². The van der Waals surface area contributed by atoms with Crippen molar-refractivity contribution in [3.63, 3.8) is 0 Å². The Bertz CT molecular complexity index is 1270. The van der Waals surface area contributed by atoms with Gasteiger partial charge >= 0.3 is 39.7 Å². The van der Waals surface area contributed by atoms with Gasteiger partial charge in [0.05, 0.1) is 17.0 Å². The van der Waals surface area contributed by atoms with Crippen LogP contribution in [0.25, 0.3) is 0 Å². The Morgan fingerprint density at radius 1 is 0.810 bits per heavy atom. The number of ether oxygens (including phenoxy) is 1. The maximum atomic E-state index is 12.2. The Hall–Kier alpha value is -1.60. The molecule has 2 aliphatic rings. The van der Waals surface area contributed by atoms with E-state index in [9.17, 15) is 12.3 Å². The van der Waals surface area contributed by atoms with Crippen LogP contribution in [0, 0.1) is 6.07 Å². The average molecular weight is 818 g/mol.